The van der Waals surface area contributed by atoms with E-state index in [0.717, 1.165) is 18.8 Å². The Balaban J connectivity index is 2.10. The van der Waals surface area contributed by atoms with Crippen molar-refractivity contribution in [3.63, 3.8) is 0 Å². The van der Waals surface area contributed by atoms with E-state index in [1.807, 2.05) is 12.2 Å². The van der Waals surface area contributed by atoms with Crippen molar-refractivity contribution >= 4 is 0 Å². The molecule has 3 saturated heterocycles. The topological polar surface area (TPSA) is 29.3 Å². The molecule has 0 amide bonds. The highest BCUT2D eigenvalue weighted by Crippen LogP contribution is 2.36. The number of nitrogens with zero attached hydrogens (tertiary/aromatic N) is 1. The van der Waals surface area contributed by atoms with E-state index in [2.05, 4.69) is 18.1 Å². The molecule has 3 fully saturated rings. The summed E-state index contributed by atoms with van der Waals surface area (Å²) in [6.07, 6.45) is 8.79. The summed E-state index contributed by atoms with van der Waals surface area (Å²) in [7, 11) is 0. The molecule has 3 heterocycles. The van der Waals surface area contributed by atoms with E-state index in [4.69, 9.17) is 5.73 Å². The van der Waals surface area contributed by atoms with Crippen LogP contribution in [0.15, 0.2) is 25.3 Å². The van der Waals surface area contributed by atoms with Gasteiger partial charge < -0.3 is 5.73 Å². The standard InChI is InChI=1S/C14H24N2/c1-3-5-12(6-4-2)14-13(15)11-7-9-16(14)10-8-11/h3-4,11-14H,1-2,5-10,15H2. The molecule has 0 radical (unpaired) electrons. The molecule has 3 aliphatic heterocycles. The Bertz CT molecular complexity index is 241. The number of nitrogens with two attached hydrogens (primary N) is 1. The van der Waals surface area contributed by atoms with Gasteiger partial charge in [-0.15, -0.1) is 13.2 Å². The van der Waals surface area contributed by atoms with E-state index in [1.165, 1.54) is 25.9 Å². The van der Waals surface area contributed by atoms with Gasteiger partial charge in [-0.2, -0.15) is 0 Å². The second-order valence-electron chi connectivity index (χ2n) is 5.25. The molecule has 2 atom stereocenters. The lowest BCUT2D eigenvalue weighted by Gasteiger charge is -2.52. The summed E-state index contributed by atoms with van der Waals surface area (Å²) in [4.78, 5) is 2.60. The Morgan fingerprint density at radius 2 is 1.75 bits per heavy atom. The van der Waals surface area contributed by atoms with Crippen LogP contribution in [0, 0.1) is 11.8 Å². The van der Waals surface area contributed by atoms with Crippen LogP contribution < -0.4 is 5.73 Å². The molecular formula is C14H24N2. The molecule has 2 bridgehead atoms. The molecule has 3 aliphatic rings. The monoisotopic (exact) mass is 220 g/mol. The second-order valence-corrected chi connectivity index (χ2v) is 5.25. The first kappa shape index (κ1) is 11.9. The van der Waals surface area contributed by atoms with Crippen molar-refractivity contribution in [2.75, 3.05) is 13.1 Å². The van der Waals surface area contributed by atoms with Crippen LogP contribution >= 0.6 is 0 Å². The molecule has 3 rings (SSSR count). The van der Waals surface area contributed by atoms with Crippen molar-refractivity contribution in [3.05, 3.63) is 25.3 Å². The van der Waals surface area contributed by atoms with Gasteiger partial charge >= 0.3 is 0 Å². The summed E-state index contributed by atoms with van der Waals surface area (Å²) in [5.74, 6) is 1.38. The average molecular weight is 220 g/mol. The molecule has 2 heteroatoms. The van der Waals surface area contributed by atoms with Crippen LogP contribution in [0.4, 0.5) is 0 Å². The molecule has 0 aromatic heterocycles. The predicted octanol–water partition coefficient (Wildman–Crippen LogP) is 2.18. The van der Waals surface area contributed by atoms with Gasteiger partial charge in [-0.1, -0.05) is 12.2 Å². The normalized spacial score (nSPS) is 37.6. The maximum absolute atomic E-state index is 6.42. The number of fused-ring (bicyclic) bond motifs is 3. The maximum atomic E-state index is 6.42. The highest BCUT2D eigenvalue weighted by atomic mass is 15.2. The summed E-state index contributed by atoms with van der Waals surface area (Å²) in [6.45, 7) is 10.2. The first-order valence-electron chi connectivity index (χ1n) is 6.49. The van der Waals surface area contributed by atoms with E-state index in [1.54, 1.807) is 0 Å². The lowest BCUT2D eigenvalue weighted by atomic mass is 9.73. The van der Waals surface area contributed by atoms with E-state index in [9.17, 15) is 0 Å². The van der Waals surface area contributed by atoms with Crippen molar-refractivity contribution in [2.45, 2.75) is 37.8 Å². The SMILES string of the molecule is C=CCC(CC=C)C1C(N)C2CCN1CC2. The van der Waals surface area contributed by atoms with Gasteiger partial charge in [0.1, 0.15) is 0 Å². The van der Waals surface area contributed by atoms with E-state index >= 15 is 0 Å². The molecule has 2 nitrogen and oxygen atoms in total. The third-order valence-electron chi connectivity index (χ3n) is 4.36. The van der Waals surface area contributed by atoms with Gasteiger partial charge in [0, 0.05) is 12.1 Å². The van der Waals surface area contributed by atoms with Crippen LogP contribution in [0.1, 0.15) is 25.7 Å². The predicted molar refractivity (Wildman–Crippen MR) is 69.2 cm³/mol. The van der Waals surface area contributed by atoms with Gasteiger partial charge in [0.2, 0.25) is 0 Å². The summed E-state index contributed by atoms with van der Waals surface area (Å²) in [5.41, 5.74) is 6.42. The number of hydrogen-bond donors (Lipinski definition) is 1. The van der Waals surface area contributed by atoms with Gasteiger partial charge in [0.25, 0.3) is 0 Å². The molecule has 2 N–H and O–H groups in total. The Labute approximate surface area is 99.2 Å². The molecule has 0 spiro atoms. The van der Waals surface area contributed by atoms with Crippen LogP contribution in [-0.4, -0.2) is 30.1 Å². The molecule has 0 aromatic carbocycles. The van der Waals surface area contributed by atoms with Crippen LogP contribution in [0.3, 0.4) is 0 Å². The fourth-order valence-electron chi connectivity index (χ4n) is 3.54. The molecule has 2 unspecified atom stereocenters. The second kappa shape index (κ2) is 5.15. The zero-order chi connectivity index (χ0) is 11.5. The Hall–Kier alpha value is -0.600. The third kappa shape index (κ3) is 2.09. The minimum Gasteiger partial charge on any atom is -0.326 e. The number of rotatable bonds is 5. The van der Waals surface area contributed by atoms with Crippen molar-refractivity contribution in [1.82, 2.24) is 4.90 Å². The Morgan fingerprint density at radius 3 is 2.19 bits per heavy atom. The van der Waals surface area contributed by atoms with Crippen molar-refractivity contribution in [3.8, 4) is 0 Å². The van der Waals surface area contributed by atoms with Crippen LogP contribution in [-0.2, 0) is 0 Å². The number of piperidine rings is 3. The van der Waals surface area contributed by atoms with Gasteiger partial charge in [0.05, 0.1) is 0 Å². The van der Waals surface area contributed by atoms with Crippen molar-refractivity contribution in [2.24, 2.45) is 17.6 Å². The molecule has 0 aliphatic carbocycles. The quantitative estimate of drug-likeness (QED) is 0.720. The van der Waals surface area contributed by atoms with Crippen LogP contribution in [0.5, 0.6) is 0 Å². The summed E-state index contributed by atoms with van der Waals surface area (Å²) < 4.78 is 0. The van der Waals surface area contributed by atoms with Crippen molar-refractivity contribution < 1.29 is 0 Å². The highest BCUT2D eigenvalue weighted by molar-refractivity contribution is 5.02. The lowest BCUT2D eigenvalue weighted by Crippen LogP contribution is -2.63. The zero-order valence-corrected chi connectivity index (χ0v) is 10.1. The fraction of sp³-hybridized carbons (Fsp3) is 0.714. The summed E-state index contributed by atoms with van der Waals surface area (Å²) in [5, 5.41) is 0. The highest BCUT2D eigenvalue weighted by Gasteiger charge is 2.42. The van der Waals surface area contributed by atoms with E-state index in [-0.39, 0.29) is 0 Å². The van der Waals surface area contributed by atoms with Crippen LogP contribution in [0.2, 0.25) is 0 Å². The van der Waals surface area contributed by atoms with E-state index in [0.29, 0.717) is 18.0 Å². The lowest BCUT2D eigenvalue weighted by molar-refractivity contribution is -0.00108. The average Bonchev–Trinajstić information content (AvgIpc) is 2.30. The third-order valence-corrected chi connectivity index (χ3v) is 4.36. The van der Waals surface area contributed by atoms with Crippen molar-refractivity contribution in [1.29, 1.82) is 0 Å². The first-order valence-corrected chi connectivity index (χ1v) is 6.49. The number of hydrogen-bond acceptors (Lipinski definition) is 2. The fourth-order valence-corrected chi connectivity index (χ4v) is 3.54. The first-order chi connectivity index (χ1) is 7.77. The smallest absolute Gasteiger partial charge is 0.0284 e. The minimum absolute atomic E-state index is 0.368. The molecular weight excluding hydrogens is 196 g/mol. The number of allylic oxidation sites excluding steroid dienone is 2. The minimum atomic E-state index is 0.368. The van der Waals surface area contributed by atoms with Gasteiger partial charge in [-0.25, -0.2) is 0 Å². The zero-order valence-electron chi connectivity index (χ0n) is 10.1. The molecule has 0 saturated carbocycles. The molecule has 16 heavy (non-hydrogen) atoms. The molecule has 90 valence electrons. The van der Waals surface area contributed by atoms with E-state index < -0.39 is 0 Å². The largest absolute Gasteiger partial charge is 0.326 e. The van der Waals surface area contributed by atoms with Crippen LogP contribution in [0.25, 0.3) is 0 Å². The maximum Gasteiger partial charge on any atom is 0.0284 e. The Kier molecular flexibility index (Phi) is 3.82. The van der Waals surface area contributed by atoms with Gasteiger partial charge in [0.15, 0.2) is 0 Å². The van der Waals surface area contributed by atoms with Gasteiger partial charge in [-0.05, 0) is 50.6 Å². The summed E-state index contributed by atoms with van der Waals surface area (Å²) in [6, 6.07) is 0.927. The molecule has 0 aromatic rings. The summed E-state index contributed by atoms with van der Waals surface area (Å²) >= 11 is 0. The van der Waals surface area contributed by atoms with Gasteiger partial charge in [-0.3, -0.25) is 4.90 Å². The Morgan fingerprint density at radius 1 is 1.19 bits per heavy atom.